The van der Waals surface area contributed by atoms with Gasteiger partial charge in [0.05, 0.1) is 23.4 Å². The summed E-state index contributed by atoms with van der Waals surface area (Å²) >= 11 is 0. The number of pyridine rings is 2. The van der Waals surface area contributed by atoms with Crippen LogP contribution in [-0.2, 0) is 6.42 Å². The predicted molar refractivity (Wildman–Crippen MR) is 120 cm³/mol. The monoisotopic (exact) mass is 455 g/mol. The number of hydrogen-bond acceptors (Lipinski definition) is 7. The largest absolute Gasteiger partial charge is 0.368 e. The number of hydrogen-bond donors (Lipinski definition) is 1. The summed E-state index contributed by atoms with van der Waals surface area (Å²) < 4.78 is 31.0. The van der Waals surface area contributed by atoms with Crippen molar-refractivity contribution in [3.05, 3.63) is 90.4 Å². The Labute approximate surface area is 190 Å². The second-order valence-electron chi connectivity index (χ2n) is 7.59. The third kappa shape index (κ3) is 3.30. The zero-order valence-corrected chi connectivity index (χ0v) is 17.5. The summed E-state index contributed by atoms with van der Waals surface area (Å²) in [5.74, 6) is -0.400. The number of halogens is 2. The minimum Gasteiger partial charge on any atom is -0.368 e. The second-order valence-corrected chi connectivity index (χ2v) is 7.59. The van der Waals surface area contributed by atoms with E-state index in [1.54, 1.807) is 22.9 Å². The number of aromatic nitrogens is 8. The molecule has 9 nitrogen and oxygen atoms in total. The smallest absolute Gasteiger partial charge is 0.223 e. The van der Waals surface area contributed by atoms with E-state index in [4.69, 9.17) is 5.73 Å². The van der Waals surface area contributed by atoms with Crippen LogP contribution in [0, 0.1) is 11.6 Å². The summed E-state index contributed by atoms with van der Waals surface area (Å²) in [5, 5.41) is 12.4. The molecule has 34 heavy (non-hydrogen) atoms. The average molecular weight is 455 g/mol. The lowest BCUT2D eigenvalue weighted by atomic mass is 10.0. The highest BCUT2D eigenvalue weighted by atomic mass is 19.1. The Hall–Kier alpha value is -4.80. The van der Waals surface area contributed by atoms with Crippen LogP contribution >= 0.6 is 0 Å². The SMILES string of the molecule is Nc1nc(-c2ccc(F)cc2)c(-c2ccc3nncn3c2)c2nc(Cc3ncccc3F)nn12. The number of rotatable bonds is 4. The van der Waals surface area contributed by atoms with Crippen LogP contribution in [-0.4, -0.2) is 39.2 Å². The predicted octanol–water partition coefficient (Wildman–Crippen LogP) is 3.35. The number of nitrogens with zero attached hydrogens (tertiary/aromatic N) is 8. The summed E-state index contributed by atoms with van der Waals surface area (Å²) in [5.41, 5.74) is 10.1. The molecule has 5 aromatic heterocycles. The summed E-state index contributed by atoms with van der Waals surface area (Å²) in [6.07, 6.45) is 5.00. The first-order valence-electron chi connectivity index (χ1n) is 10.3. The molecule has 0 spiro atoms. The van der Waals surface area contributed by atoms with Gasteiger partial charge in [0.25, 0.3) is 0 Å². The van der Waals surface area contributed by atoms with E-state index in [0.29, 0.717) is 33.9 Å². The number of fused-ring (bicyclic) bond motifs is 2. The lowest BCUT2D eigenvalue weighted by molar-refractivity contribution is 0.601. The minimum absolute atomic E-state index is 0.0730. The highest BCUT2D eigenvalue weighted by Gasteiger charge is 2.21. The molecule has 5 heterocycles. The van der Waals surface area contributed by atoms with Crippen LogP contribution in [0.1, 0.15) is 11.5 Å². The normalized spacial score (nSPS) is 11.5. The molecule has 2 N–H and O–H groups in total. The molecule has 0 unspecified atom stereocenters. The summed E-state index contributed by atoms with van der Waals surface area (Å²) in [7, 11) is 0. The van der Waals surface area contributed by atoms with Crippen molar-refractivity contribution in [3.63, 3.8) is 0 Å². The third-order valence-electron chi connectivity index (χ3n) is 5.41. The van der Waals surface area contributed by atoms with Gasteiger partial charge in [-0.2, -0.15) is 4.52 Å². The Balaban J connectivity index is 1.60. The molecule has 6 aromatic rings. The average Bonchev–Trinajstić information content (AvgIpc) is 3.48. The lowest BCUT2D eigenvalue weighted by Crippen LogP contribution is -2.06. The molecule has 0 saturated carbocycles. The molecule has 0 bridgehead atoms. The molecule has 0 aliphatic rings. The van der Waals surface area contributed by atoms with Crippen LogP contribution in [0.25, 0.3) is 33.7 Å². The lowest BCUT2D eigenvalue weighted by Gasteiger charge is -2.12. The fraction of sp³-hybridized carbons (Fsp3) is 0.0435. The Kier molecular flexibility index (Phi) is 4.47. The van der Waals surface area contributed by atoms with Crippen LogP contribution in [0.3, 0.4) is 0 Å². The van der Waals surface area contributed by atoms with Gasteiger partial charge in [-0.25, -0.2) is 18.7 Å². The topological polar surface area (TPSA) is 112 Å². The molecule has 11 heteroatoms. The Morgan fingerprint density at radius 1 is 0.941 bits per heavy atom. The molecule has 1 aromatic carbocycles. The van der Waals surface area contributed by atoms with E-state index in [-0.39, 0.29) is 23.9 Å². The number of nitrogen functional groups attached to an aromatic ring is 1. The van der Waals surface area contributed by atoms with E-state index < -0.39 is 5.82 Å². The first kappa shape index (κ1) is 19.9. The van der Waals surface area contributed by atoms with Crippen molar-refractivity contribution in [1.82, 2.24) is 39.2 Å². The molecule has 6 rings (SSSR count). The Morgan fingerprint density at radius 2 is 1.76 bits per heavy atom. The maximum atomic E-state index is 14.2. The van der Waals surface area contributed by atoms with E-state index >= 15 is 0 Å². The Bertz CT molecular complexity index is 1670. The van der Waals surface area contributed by atoms with Crippen LogP contribution in [0.2, 0.25) is 0 Å². The van der Waals surface area contributed by atoms with E-state index in [9.17, 15) is 8.78 Å². The summed E-state index contributed by atoms with van der Waals surface area (Å²) in [4.78, 5) is 13.3. The fourth-order valence-electron chi connectivity index (χ4n) is 3.83. The van der Waals surface area contributed by atoms with Gasteiger partial charge in [-0.3, -0.25) is 9.38 Å². The van der Waals surface area contributed by atoms with Crippen LogP contribution in [0.5, 0.6) is 0 Å². The third-order valence-corrected chi connectivity index (χ3v) is 5.41. The Morgan fingerprint density at radius 3 is 2.59 bits per heavy atom. The van der Waals surface area contributed by atoms with Gasteiger partial charge in [-0.1, -0.05) is 0 Å². The maximum absolute atomic E-state index is 14.2. The quantitative estimate of drug-likeness (QED) is 0.434. The van der Waals surface area contributed by atoms with E-state index in [1.165, 1.54) is 35.0 Å². The highest BCUT2D eigenvalue weighted by molar-refractivity contribution is 5.90. The van der Waals surface area contributed by atoms with Crippen molar-refractivity contribution in [2.24, 2.45) is 0 Å². The molecule has 166 valence electrons. The standard InChI is InChI=1S/C23H15F2N9/c24-15-6-3-13(4-7-15)21-20(14-5-8-19-31-28-12-33(19)11-14)22-29-18(32-34(22)23(26)30-21)10-17-16(25)2-1-9-27-17/h1-9,11-12H,10H2,(H2,26,30). The van der Waals surface area contributed by atoms with Gasteiger partial charge in [0.15, 0.2) is 17.1 Å². The van der Waals surface area contributed by atoms with Crippen molar-refractivity contribution in [1.29, 1.82) is 0 Å². The number of benzene rings is 1. The molecular formula is C23H15F2N9. The summed E-state index contributed by atoms with van der Waals surface area (Å²) in [6.45, 7) is 0. The van der Waals surface area contributed by atoms with Crippen molar-refractivity contribution < 1.29 is 8.78 Å². The van der Waals surface area contributed by atoms with Crippen molar-refractivity contribution in [2.75, 3.05) is 5.73 Å². The second kappa shape index (κ2) is 7.66. The molecule has 0 aliphatic heterocycles. The first-order chi connectivity index (χ1) is 16.6. The maximum Gasteiger partial charge on any atom is 0.223 e. The van der Waals surface area contributed by atoms with Crippen LogP contribution in [0.4, 0.5) is 14.7 Å². The van der Waals surface area contributed by atoms with Gasteiger partial charge in [-0.15, -0.1) is 15.3 Å². The minimum atomic E-state index is -0.447. The van der Waals surface area contributed by atoms with Crippen molar-refractivity contribution in [2.45, 2.75) is 6.42 Å². The highest BCUT2D eigenvalue weighted by Crippen LogP contribution is 2.35. The van der Waals surface area contributed by atoms with Crippen molar-refractivity contribution >= 4 is 17.2 Å². The van der Waals surface area contributed by atoms with Gasteiger partial charge < -0.3 is 5.73 Å². The molecule has 0 saturated heterocycles. The molecule has 0 aliphatic carbocycles. The summed E-state index contributed by atoms with van der Waals surface area (Å²) in [6, 6.07) is 12.5. The van der Waals surface area contributed by atoms with Gasteiger partial charge in [0.2, 0.25) is 5.95 Å². The van der Waals surface area contributed by atoms with E-state index in [0.717, 1.165) is 5.56 Å². The first-order valence-corrected chi connectivity index (χ1v) is 10.3. The molecule has 0 amide bonds. The van der Waals surface area contributed by atoms with E-state index in [2.05, 4.69) is 30.2 Å². The van der Waals surface area contributed by atoms with Crippen molar-refractivity contribution in [3.8, 4) is 22.4 Å². The molecule has 0 fully saturated rings. The fourth-order valence-corrected chi connectivity index (χ4v) is 3.83. The zero-order valence-electron chi connectivity index (χ0n) is 17.5. The molecular weight excluding hydrogens is 440 g/mol. The number of nitrogens with two attached hydrogens (primary N) is 1. The van der Waals surface area contributed by atoms with Gasteiger partial charge in [0.1, 0.15) is 18.0 Å². The molecule has 0 radical (unpaired) electrons. The van der Waals surface area contributed by atoms with Gasteiger partial charge >= 0.3 is 0 Å². The zero-order chi connectivity index (χ0) is 23.2. The van der Waals surface area contributed by atoms with Crippen LogP contribution < -0.4 is 5.73 Å². The molecule has 0 atom stereocenters. The van der Waals surface area contributed by atoms with Gasteiger partial charge in [0, 0.05) is 23.5 Å². The van der Waals surface area contributed by atoms with E-state index in [1.807, 2.05) is 18.3 Å². The van der Waals surface area contributed by atoms with Gasteiger partial charge in [-0.05, 0) is 48.5 Å². The van der Waals surface area contributed by atoms with Crippen LogP contribution in [0.15, 0.2) is 67.3 Å². The number of anilines is 1.